The molecule has 0 bridgehead atoms. The first-order valence-corrected chi connectivity index (χ1v) is 21.7. The molecule has 4 heterocycles. The van der Waals surface area contributed by atoms with Crippen molar-refractivity contribution in [1.29, 1.82) is 0 Å². The molecule has 2 aromatic heterocycles. The summed E-state index contributed by atoms with van der Waals surface area (Å²) in [7, 11) is 0. The number of hydrogen-bond acceptors (Lipinski definition) is 10. The van der Waals surface area contributed by atoms with Crippen molar-refractivity contribution >= 4 is 74.9 Å². The molecule has 5 aromatic rings. The summed E-state index contributed by atoms with van der Waals surface area (Å²) in [5, 5.41) is 5.18. The molecule has 1 saturated heterocycles. The van der Waals surface area contributed by atoms with Gasteiger partial charge in [-0.1, -0.05) is 43.2 Å². The Morgan fingerprint density at radius 2 is 1.91 bits per heavy atom. The Labute approximate surface area is 342 Å². The molecule has 5 N–H and O–H groups in total. The lowest BCUT2D eigenvalue weighted by atomic mass is 9.72. The topological polar surface area (TPSA) is 121 Å². The van der Waals surface area contributed by atoms with Crippen LogP contribution < -0.4 is 30.1 Å². The van der Waals surface area contributed by atoms with Crippen molar-refractivity contribution in [2.24, 2.45) is 5.41 Å². The molecule has 1 atom stereocenters. The van der Waals surface area contributed by atoms with E-state index in [9.17, 15) is 4.79 Å². The number of nitrogens with two attached hydrogens (primary N) is 1. The van der Waals surface area contributed by atoms with Crippen LogP contribution >= 0.6 is 35.3 Å². The number of anilines is 3. The Morgan fingerprint density at radius 1 is 1.09 bits per heavy atom. The van der Waals surface area contributed by atoms with Gasteiger partial charge in [0.2, 0.25) is 0 Å². The number of ether oxygens (including phenoxy) is 2. The number of carbonyl (C=O) groups excluding carboxylic acids is 1. The average molecular weight is 810 g/mol. The molecule has 10 nitrogen and oxygen atoms in total. The Morgan fingerprint density at radius 3 is 2.71 bits per heavy atom. The van der Waals surface area contributed by atoms with Crippen LogP contribution in [0.5, 0.6) is 17.2 Å². The van der Waals surface area contributed by atoms with Gasteiger partial charge in [0.05, 0.1) is 23.5 Å². The molecule has 8 rings (SSSR count). The quantitative estimate of drug-likeness (QED) is 0.0759. The number of aromatic amines is 1. The second-order valence-corrected chi connectivity index (χ2v) is 17.8. The van der Waals surface area contributed by atoms with E-state index in [4.69, 9.17) is 26.8 Å². The van der Waals surface area contributed by atoms with Crippen LogP contribution in [0.15, 0.2) is 89.6 Å². The average Bonchev–Trinajstić information content (AvgIpc) is 3.67. The van der Waals surface area contributed by atoms with Gasteiger partial charge in [-0.15, -0.1) is 0 Å². The van der Waals surface area contributed by atoms with Crippen LogP contribution in [0.3, 0.4) is 0 Å². The number of nitrogens with one attached hydrogen (secondary N) is 3. The highest BCUT2D eigenvalue weighted by molar-refractivity contribution is 7.98. The largest absolute Gasteiger partial charge is 0.489 e. The number of amides is 1. The Hall–Kier alpha value is -4.49. The van der Waals surface area contributed by atoms with Gasteiger partial charge in [-0.2, -0.15) is 11.8 Å². The number of benzene rings is 3. The Balaban J connectivity index is 0.982. The van der Waals surface area contributed by atoms with E-state index in [1.54, 1.807) is 23.5 Å². The van der Waals surface area contributed by atoms with Crippen LogP contribution in [0.2, 0.25) is 5.02 Å². The van der Waals surface area contributed by atoms with Gasteiger partial charge in [-0.3, -0.25) is 14.4 Å². The zero-order chi connectivity index (χ0) is 38.8. The van der Waals surface area contributed by atoms with Crippen LogP contribution in [0.1, 0.15) is 49.0 Å². The van der Waals surface area contributed by atoms with Gasteiger partial charge < -0.3 is 30.4 Å². The summed E-state index contributed by atoms with van der Waals surface area (Å²) >= 11 is 9.21. The molecule has 292 valence electrons. The molecule has 1 aliphatic carbocycles. The number of hydrogen-bond donors (Lipinski definition) is 4. The van der Waals surface area contributed by atoms with Gasteiger partial charge in [0.25, 0.3) is 5.91 Å². The third kappa shape index (κ3) is 8.73. The normalized spacial score (nSPS) is 18.3. The zero-order valence-corrected chi connectivity index (χ0v) is 34.4. The van der Waals surface area contributed by atoms with E-state index in [0.29, 0.717) is 35.1 Å². The van der Waals surface area contributed by atoms with E-state index in [0.717, 1.165) is 83.6 Å². The second-order valence-electron chi connectivity index (χ2n) is 15.6. The summed E-state index contributed by atoms with van der Waals surface area (Å²) in [5.41, 5.74) is 14.6. The number of halogens is 1. The smallest absolute Gasteiger partial charge is 0.265 e. The first-order chi connectivity index (χ1) is 27.1. The van der Waals surface area contributed by atoms with Crippen LogP contribution in [0.4, 0.5) is 17.1 Å². The lowest BCUT2D eigenvalue weighted by Gasteiger charge is -2.39. The maximum Gasteiger partial charge on any atom is 0.265 e. The minimum atomic E-state index is -0.284. The molecular formula is C43H48ClN7O3S2. The van der Waals surface area contributed by atoms with Crippen molar-refractivity contribution in [3.05, 3.63) is 101 Å². The van der Waals surface area contributed by atoms with Crippen molar-refractivity contribution in [1.82, 2.24) is 19.6 Å². The van der Waals surface area contributed by atoms with Crippen molar-refractivity contribution in [3.63, 3.8) is 0 Å². The summed E-state index contributed by atoms with van der Waals surface area (Å²) in [6.45, 7) is 9.87. The lowest BCUT2D eigenvalue weighted by Crippen LogP contribution is -2.47. The number of rotatable bonds is 11. The zero-order valence-electron chi connectivity index (χ0n) is 32.0. The van der Waals surface area contributed by atoms with Crippen LogP contribution in [0.25, 0.3) is 16.6 Å². The minimum absolute atomic E-state index is 0.192. The van der Waals surface area contributed by atoms with Crippen molar-refractivity contribution in [2.45, 2.75) is 44.0 Å². The van der Waals surface area contributed by atoms with E-state index in [1.165, 1.54) is 29.5 Å². The number of aromatic nitrogens is 2. The fourth-order valence-corrected chi connectivity index (χ4v) is 9.19. The summed E-state index contributed by atoms with van der Waals surface area (Å²) in [5.74, 6) is 2.33. The standard InChI is InChI=1S/C43H48ClN7O3S2/c1-43(2)12-10-29(36(22-43)27-4-6-30(44)7-5-27)24-50-14-16-51(17-15-50)32-8-9-35(38(19-32)54-33-18-28-11-13-46-41(28)47-23-33)42(52)49-56-34-20-37(45)40-39(21-34)53-25-31(48-40)26-55-3/h4-9,11,13,18-21,23,31,48H,10,12,14-17,22,24-26,45H2,1-3H3,(H,46,47)(H,49,52)/t31-/m1/s1. The molecule has 3 aliphatic rings. The molecule has 13 heteroatoms. The second kappa shape index (κ2) is 16.5. The number of carbonyl (C=O) groups is 1. The van der Waals surface area contributed by atoms with E-state index in [1.807, 2.05) is 60.8 Å². The summed E-state index contributed by atoms with van der Waals surface area (Å²) < 4.78 is 15.5. The maximum atomic E-state index is 13.9. The molecule has 56 heavy (non-hydrogen) atoms. The predicted octanol–water partition coefficient (Wildman–Crippen LogP) is 9.35. The van der Waals surface area contributed by atoms with Crippen molar-refractivity contribution in [2.75, 3.05) is 67.3 Å². The molecule has 0 saturated carbocycles. The fraction of sp³-hybridized carbons (Fsp3) is 0.349. The third-order valence-corrected chi connectivity index (χ3v) is 12.6. The highest BCUT2D eigenvalue weighted by Gasteiger charge is 2.30. The monoisotopic (exact) mass is 809 g/mol. The van der Waals surface area contributed by atoms with Gasteiger partial charge in [0, 0.05) is 71.7 Å². The molecule has 1 fully saturated rings. The van der Waals surface area contributed by atoms with Crippen molar-refractivity contribution < 1.29 is 14.3 Å². The highest BCUT2D eigenvalue weighted by atomic mass is 35.5. The van der Waals surface area contributed by atoms with Crippen molar-refractivity contribution in [3.8, 4) is 17.2 Å². The van der Waals surface area contributed by atoms with Gasteiger partial charge in [-0.05, 0) is 103 Å². The maximum absolute atomic E-state index is 13.9. The SMILES string of the molecule is CSC[C@H]1COc2cc(SNC(=O)c3ccc(N4CCN(CC5=C(c6ccc(Cl)cc6)CC(C)(C)CC5)CC4)cc3Oc3cnc4[nH]ccc4c3)cc(N)c2N1. The van der Waals surface area contributed by atoms with Gasteiger partial charge in [-0.25, -0.2) is 4.98 Å². The number of allylic oxidation sites excluding steroid dienone is 1. The minimum Gasteiger partial charge on any atom is -0.489 e. The number of piperazine rings is 1. The molecule has 1 amide bonds. The van der Waals surface area contributed by atoms with E-state index in [2.05, 4.69) is 62.0 Å². The molecule has 0 unspecified atom stereocenters. The highest BCUT2D eigenvalue weighted by Crippen LogP contribution is 2.44. The first kappa shape index (κ1) is 38.4. The molecule has 2 aliphatic heterocycles. The first-order valence-electron chi connectivity index (χ1n) is 19.1. The van der Waals surface area contributed by atoms with E-state index < -0.39 is 0 Å². The van der Waals surface area contributed by atoms with Gasteiger partial charge in [0.1, 0.15) is 35.2 Å². The predicted molar refractivity (Wildman–Crippen MR) is 233 cm³/mol. The summed E-state index contributed by atoms with van der Waals surface area (Å²) in [6.07, 6.45) is 8.97. The summed E-state index contributed by atoms with van der Waals surface area (Å²) in [4.78, 5) is 27.2. The number of pyridine rings is 1. The fourth-order valence-electron chi connectivity index (χ4n) is 7.81. The molecule has 0 spiro atoms. The third-order valence-electron chi connectivity index (χ3n) is 10.9. The van der Waals surface area contributed by atoms with E-state index in [-0.39, 0.29) is 17.4 Å². The van der Waals surface area contributed by atoms with Gasteiger partial charge >= 0.3 is 0 Å². The Bertz CT molecular complexity index is 2250. The molecular weight excluding hydrogens is 762 g/mol. The van der Waals surface area contributed by atoms with Crippen LogP contribution in [0, 0.1) is 5.41 Å². The number of H-pyrrole nitrogens is 1. The number of nitrogens with zero attached hydrogens (tertiary/aromatic N) is 3. The molecule has 3 aromatic carbocycles. The molecule has 0 radical (unpaired) electrons. The van der Waals surface area contributed by atoms with Crippen LogP contribution in [-0.4, -0.2) is 78.2 Å². The Kier molecular flexibility index (Phi) is 11.3. The number of nitrogen functional groups attached to an aromatic ring is 1. The van der Waals surface area contributed by atoms with E-state index >= 15 is 0 Å². The van der Waals surface area contributed by atoms with Crippen LogP contribution in [-0.2, 0) is 0 Å². The summed E-state index contributed by atoms with van der Waals surface area (Å²) in [6, 6.07) is 22.0. The number of thioether (sulfide) groups is 1. The van der Waals surface area contributed by atoms with Gasteiger partial charge in [0.15, 0.2) is 0 Å². The number of fused-ring (bicyclic) bond motifs is 2. The lowest BCUT2D eigenvalue weighted by molar-refractivity contribution is 0.0982.